The summed E-state index contributed by atoms with van der Waals surface area (Å²) in [5.74, 6) is 0. The van der Waals surface area contributed by atoms with E-state index in [4.69, 9.17) is 0 Å². The highest BCUT2D eigenvalue weighted by molar-refractivity contribution is 5.86. The molecule has 1 aliphatic carbocycles. The molecule has 1 aromatic carbocycles. The van der Waals surface area contributed by atoms with Gasteiger partial charge in [0.15, 0.2) is 0 Å². The van der Waals surface area contributed by atoms with Crippen molar-refractivity contribution in [1.29, 1.82) is 5.26 Å². The summed E-state index contributed by atoms with van der Waals surface area (Å²) in [5.41, 5.74) is 0.670. The van der Waals surface area contributed by atoms with Crippen LogP contribution in [0.1, 0.15) is 18.5 Å². The Morgan fingerprint density at radius 1 is 1.20 bits per heavy atom. The van der Waals surface area contributed by atoms with Crippen molar-refractivity contribution in [3.63, 3.8) is 0 Å². The molecule has 2 aromatic rings. The Bertz CT molecular complexity index is 557. The van der Waals surface area contributed by atoms with Gasteiger partial charge in [0.05, 0.1) is 11.8 Å². The number of hydrogen-bond donors (Lipinski definition) is 0. The molecule has 2 nitrogen and oxygen atoms in total. The zero-order valence-electron chi connectivity index (χ0n) is 8.27. The lowest BCUT2D eigenvalue weighted by molar-refractivity contribution is 0.868. The summed E-state index contributed by atoms with van der Waals surface area (Å²) in [7, 11) is 0. The average Bonchev–Trinajstić information content (AvgIpc) is 3.09. The largest absolute Gasteiger partial charge is 0.259 e. The minimum Gasteiger partial charge on any atom is -0.259 e. The summed E-state index contributed by atoms with van der Waals surface area (Å²) in [4.78, 5) is 4.39. The van der Waals surface area contributed by atoms with Gasteiger partial charge in [-0.15, -0.1) is 0 Å². The first-order valence-electron chi connectivity index (χ1n) is 5.11. The lowest BCUT2D eigenvalue weighted by Crippen LogP contribution is -2.06. The maximum atomic E-state index is 9.18. The van der Waals surface area contributed by atoms with Gasteiger partial charge in [-0.3, -0.25) is 4.98 Å². The second kappa shape index (κ2) is 2.80. The fourth-order valence-electron chi connectivity index (χ4n) is 2.03. The minimum atomic E-state index is -0.291. The molecule has 2 heteroatoms. The first-order chi connectivity index (χ1) is 7.36. The molecule has 0 N–H and O–H groups in total. The Hall–Kier alpha value is -1.88. The van der Waals surface area contributed by atoms with Crippen molar-refractivity contribution >= 4 is 10.8 Å². The molecule has 3 rings (SSSR count). The highest BCUT2D eigenvalue weighted by Gasteiger charge is 2.47. The van der Waals surface area contributed by atoms with Gasteiger partial charge in [-0.2, -0.15) is 5.26 Å². The van der Waals surface area contributed by atoms with E-state index in [0.29, 0.717) is 0 Å². The molecular formula is C13H10N2. The van der Waals surface area contributed by atoms with Gasteiger partial charge in [0.1, 0.15) is 5.41 Å². The monoisotopic (exact) mass is 194 g/mol. The minimum absolute atomic E-state index is 0.291. The van der Waals surface area contributed by atoms with Crippen LogP contribution in [0.3, 0.4) is 0 Å². The Balaban J connectivity index is 2.33. The van der Waals surface area contributed by atoms with Crippen LogP contribution in [0.5, 0.6) is 0 Å². The third kappa shape index (κ3) is 1.13. The summed E-state index contributed by atoms with van der Waals surface area (Å²) in [6.07, 6.45) is 3.70. The molecule has 0 bridgehead atoms. The van der Waals surface area contributed by atoms with Gasteiger partial charge in [-0.05, 0) is 24.3 Å². The van der Waals surface area contributed by atoms with Crippen LogP contribution in [-0.4, -0.2) is 4.98 Å². The molecule has 15 heavy (non-hydrogen) atoms. The van der Waals surface area contributed by atoms with Gasteiger partial charge < -0.3 is 0 Å². The van der Waals surface area contributed by atoms with Crippen LogP contribution in [0.2, 0.25) is 0 Å². The van der Waals surface area contributed by atoms with E-state index in [0.717, 1.165) is 23.9 Å². The number of nitrogens with zero attached hydrogens (tertiary/aromatic N) is 2. The third-order valence-corrected chi connectivity index (χ3v) is 3.09. The van der Waals surface area contributed by atoms with Crippen molar-refractivity contribution in [1.82, 2.24) is 4.98 Å². The second-order valence-electron chi connectivity index (χ2n) is 4.07. The summed E-state index contributed by atoms with van der Waals surface area (Å²) >= 11 is 0. The van der Waals surface area contributed by atoms with Gasteiger partial charge in [0, 0.05) is 11.6 Å². The predicted octanol–water partition coefficient (Wildman–Crippen LogP) is 2.79. The van der Waals surface area contributed by atoms with E-state index in [1.807, 2.05) is 18.2 Å². The van der Waals surface area contributed by atoms with Crippen LogP contribution in [0.25, 0.3) is 10.8 Å². The van der Waals surface area contributed by atoms with Crippen LogP contribution in [0.4, 0.5) is 0 Å². The van der Waals surface area contributed by atoms with Crippen molar-refractivity contribution < 1.29 is 0 Å². The van der Waals surface area contributed by atoms with Crippen molar-refractivity contribution in [3.8, 4) is 6.07 Å². The van der Waals surface area contributed by atoms with E-state index in [-0.39, 0.29) is 5.41 Å². The van der Waals surface area contributed by atoms with Gasteiger partial charge in [-0.1, -0.05) is 24.3 Å². The molecule has 72 valence electrons. The number of benzene rings is 1. The Kier molecular flexibility index (Phi) is 1.58. The Morgan fingerprint density at radius 3 is 2.73 bits per heavy atom. The number of hydrogen-bond acceptors (Lipinski definition) is 2. The predicted molar refractivity (Wildman–Crippen MR) is 58.3 cm³/mol. The zero-order valence-corrected chi connectivity index (χ0v) is 8.27. The van der Waals surface area contributed by atoms with Gasteiger partial charge in [-0.25, -0.2) is 0 Å². The number of pyridine rings is 1. The summed E-state index contributed by atoms with van der Waals surface area (Å²) in [5, 5.41) is 11.5. The van der Waals surface area contributed by atoms with Crippen molar-refractivity contribution in [2.45, 2.75) is 18.3 Å². The molecule has 1 aromatic heterocycles. The first-order valence-corrected chi connectivity index (χ1v) is 5.11. The van der Waals surface area contributed by atoms with Crippen LogP contribution >= 0.6 is 0 Å². The highest BCUT2D eigenvalue weighted by atomic mass is 14.7. The number of nitriles is 1. The van der Waals surface area contributed by atoms with Crippen LogP contribution in [0, 0.1) is 11.3 Å². The molecule has 0 atom stereocenters. The van der Waals surface area contributed by atoms with Crippen molar-refractivity contribution in [3.05, 3.63) is 42.2 Å². The molecule has 1 aliphatic rings. The fraction of sp³-hybridized carbons (Fsp3) is 0.231. The van der Waals surface area contributed by atoms with E-state index < -0.39 is 0 Å². The lowest BCUT2D eigenvalue weighted by atomic mass is 9.98. The van der Waals surface area contributed by atoms with E-state index in [2.05, 4.69) is 23.2 Å². The van der Waals surface area contributed by atoms with E-state index in [1.54, 1.807) is 6.20 Å². The molecule has 0 aliphatic heterocycles. The third-order valence-electron chi connectivity index (χ3n) is 3.09. The fourth-order valence-corrected chi connectivity index (χ4v) is 2.03. The highest BCUT2D eigenvalue weighted by Crippen LogP contribution is 2.48. The summed E-state index contributed by atoms with van der Waals surface area (Å²) in [6.45, 7) is 0. The van der Waals surface area contributed by atoms with Crippen LogP contribution in [-0.2, 0) is 5.41 Å². The topological polar surface area (TPSA) is 36.7 Å². The standard InChI is InChI=1S/C13H10N2/c14-9-13(6-7-13)12-11-4-2-1-3-10(11)5-8-15-12/h1-5,8H,6-7H2. The maximum Gasteiger partial charge on any atom is 0.100 e. The normalized spacial score (nSPS) is 17.3. The van der Waals surface area contributed by atoms with Crippen molar-refractivity contribution in [2.75, 3.05) is 0 Å². The lowest BCUT2D eigenvalue weighted by Gasteiger charge is -2.08. The van der Waals surface area contributed by atoms with E-state index in [1.165, 1.54) is 5.39 Å². The number of fused-ring (bicyclic) bond motifs is 1. The SMILES string of the molecule is N#CC1(c2nccc3ccccc23)CC1. The first kappa shape index (κ1) is 8.43. The quantitative estimate of drug-likeness (QED) is 0.699. The maximum absolute atomic E-state index is 9.18. The van der Waals surface area contributed by atoms with Gasteiger partial charge in [0.25, 0.3) is 0 Å². The van der Waals surface area contributed by atoms with Crippen LogP contribution < -0.4 is 0 Å². The molecule has 0 spiro atoms. The summed E-state index contributed by atoms with van der Waals surface area (Å²) in [6, 6.07) is 12.5. The number of aromatic nitrogens is 1. The molecule has 1 heterocycles. The van der Waals surface area contributed by atoms with Gasteiger partial charge in [0.2, 0.25) is 0 Å². The smallest absolute Gasteiger partial charge is 0.100 e. The van der Waals surface area contributed by atoms with Gasteiger partial charge >= 0.3 is 0 Å². The summed E-state index contributed by atoms with van der Waals surface area (Å²) < 4.78 is 0. The Morgan fingerprint density at radius 2 is 2.00 bits per heavy atom. The molecule has 0 radical (unpaired) electrons. The van der Waals surface area contributed by atoms with Crippen molar-refractivity contribution in [2.24, 2.45) is 0 Å². The Labute approximate surface area is 88.2 Å². The molecule has 0 amide bonds. The molecular weight excluding hydrogens is 184 g/mol. The molecule has 0 unspecified atom stereocenters. The molecule has 0 saturated heterocycles. The van der Waals surface area contributed by atoms with E-state index in [9.17, 15) is 5.26 Å². The van der Waals surface area contributed by atoms with E-state index >= 15 is 0 Å². The zero-order chi connectivity index (χ0) is 10.3. The average molecular weight is 194 g/mol. The van der Waals surface area contributed by atoms with Crippen LogP contribution in [0.15, 0.2) is 36.5 Å². The second-order valence-corrected chi connectivity index (χ2v) is 4.07. The molecule has 1 fully saturated rings. The number of rotatable bonds is 1. The molecule has 1 saturated carbocycles.